The third-order valence-corrected chi connectivity index (χ3v) is 3.76. The number of benzene rings is 2. The lowest BCUT2D eigenvalue weighted by atomic mass is 10.00. The average molecular weight is 253 g/mol. The standard InChI is InChI=1S/C18H23N/c1-5-16-11-8-10-14(3)18(16)19-15(4)17-12-7-6-9-13(17)2/h6-12,15,19H,5H2,1-4H3. The summed E-state index contributed by atoms with van der Waals surface area (Å²) in [5, 5.41) is 3.69. The van der Waals surface area contributed by atoms with Crippen LogP contribution in [0.4, 0.5) is 5.69 Å². The molecule has 2 rings (SSSR count). The summed E-state index contributed by atoms with van der Waals surface area (Å²) in [4.78, 5) is 0. The summed E-state index contributed by atoms with van der Waals surface area (Å²) >= 11 is 0. The van der Waals surface area contributed by atoms with Crippen LogP contribution < -0.4 is 5.32 Å². The summed E-state index contributed by atoms with van der Waals surface area (Å²) < 4.78 is 0. The minimum atomic E-state index is 0.326. The number of hydrogen-bond donors (Lipinski definition) is 1. The first-order chi connectivity index (χ1) is 9.13. The van der Waals surface area contributed by atoms with E-state index in [1.54, 1.807) is 0 Å². The maximum absolute atomic E-state index is 3.69. The molecule has 1 heteroatoms. The van der Waals surface area contributed by atoms with Crippen LogP contribution in [-0.2, 0) is 6.42 Å². The van der Waals surface area contributed by atoms with Crippen molar-refractivity contribution in [2.24, 2.45) is 0 Å². The van der Waals surface area contributed by atoms with Gasteiger partial charge >= 0.3 is 0 Å². The third kappa shape index (κ3) is 2.98. The van der Waals surface area contributed by atoms with E-state index >= 15 is 0 Å². The van der Waals surface area contributed by atoms with E-state index in [1.807, 2.05) is 0 Å². The summed E-state index contributed by atoms with van der Waals surface area (Å²) in [6.45, 7) is 8.78. The number of aryl methyl sites for hydroxylation is 3. The molecule has 0 saturated heterocycles. The van der Waals surface area contributed by atoms with Gasteiger partial charge in [-0.1, -0.05) is 49.4 Å². The molecule has 2 aromatic carbocycles. The fraction of sp³-hybridized carbons (Fsp3) is 0.333. The summed E-state index contributed by atoms with van der Waals surface area (Å²) in [7, 11) is 0. The van der Waals surface area contributed by atoms with Gasteiger partial charge < -0.3 is 5.32 Å². The second kappa shape index (κ2) is 5.92. The van der Waals surface area contributed by atoms with Gasteiger partial charge in [-0.2, -0.15) is 0 Å². The van der Waals surface area contributed by atoms with Gasteiger partial charge in [-0.15, -0.1) is 0 Å². The van der Waals surface area contributed by atoms with Gasteiger partial charge in [-0.3, -0.25) is 0 Å². The molecule has 100 valence electrons. The lowest BCUT2D eigenvalue weighted by molar-refractivity contribution is 0.867. The second-order valence-electron chi connectivity index (χ2n) is 5.19. The zero-order chi connectivity index (χ0) is 13.8. The number of para-hydroxylation sites is 1. The maximum Gasteiger partial charge on any atom is 0.0488 e. The molecule has 0 radical (unpaired) electrons. The van der Waals surface area contributed by atoms with Crippen molar-refractivity contribution in [3.05, 3.63) is 64.7 Å². The molecule has 0 aliphatic rings. The number of hydrogen-bond acceptors (Lipinski definition) is 1. The van der Waals surface area contributed by atoms with Crippen LogP contribution in [0.15, 0.2) is 42.5 Å². The van der Waals surface area contributed by atoms with Gasteiger partial charge in [-0.25, -0.2) is 0 Å². The Labute approximate surface area is 116 Å². The highest BCUT2D eigenvalue weighted by molar-refractivity contribution is 5.58. The molecule has 0 heterocycles. The zero-order valence-corrected chi connectivity index (χ0v) is 12.3. The summed E-state index contributed by atoms with van der Waals surface area (Å²) in [5.74, 6) is 0. The van der Waals surface area contributed by atoms with E-state index in [0.717, 1.165) is 6.42 Å². The Kier molecular flexibility index (Phi) is 4.26. The third-order valence-electron chi connectivity index (χ3n) is 3.76. The normalized spacial score (nSPS) is 12.2. The van der Waals surface area contributed by atoms with Gasteiger partial charge in [0.25, 0.3) is 0 Å². The van der Waals surface area contributed by atoms with Crippen molar-refractivity contribution in [3.8, 4) is 0 Å². The fourth-order valence-corrected chi connectivity index (χ4v) is 2.60. The number of anilines is 1. The molecule has 0 aliphatic heterocycles. The first kappa shape index (κ1) is 13.7. The molecule has 1 N–H and O–H groups in total. The Hall–Kier alpha value is -1.76. The molecule has 1 unspecified atom stereocenters. The smallest absolute Gasteiger partial charge is 0.0488 e. The minimum absolute atomic E-state index is 0.326. The fourth-order valence-electron chi connectivity index (χ4n) is 2.60. The average Bonchev–Trinajstić information content (AvgIpc) is 2.41. The highest BCUT2D eigenvalue weighted by atomic mass is 14.9. The summed E-state index contributed by atoms with van der Waals surface area (Å²) in [6.07, 6.45) is 1.06. The van der Waals surface area contributed by atoms with Crippen LogP contribution in [0.2, 0.25) is 0 Å². The van der Waals surface area contributed by atoms with E-state index in [9.17, 15) is 0 Å². The van der Waals surface area contributed by atoms with Crippen LogP contribution in [-0.4, -0.2) is 0 Å². The van der Waals surface area contributed by atoms with Crippen molar-refractivity contribution >= 4 is 5.69 Å². The molecule has 0 fully saturated rings. The molecule has 0 aromatic heterocycles. The molecule has 0 aliphatic carbocycles. The van der Waals surface area contributed by atoms with E-state index in [0.29, 0.717) is 6.04 Å². The predicted molar refractivity (Wildman–Crippen MR) is 83.8 cm³/mol. The van der Waals surface area contributed by atoms with Crippen LogP contribution >= 0.6 is 0 Å². The van der Waals surface area contributed by atoms with Crippen LogP contribution in [0, 0.1) is 13.8 Å². The van der Waals surface area contributed by atoms with Crippen LogP contribution in [0.1, 0.15) is 42.1 Å². The highest BCUT2D eigenvalue weighted by Crippen LogP contribution is 2.27. The molecular weight excluding hydrogens is 230 g/mol. The van der Waals surface area contributed by atoms with E-state index in [-0.39, 0.29) is 0 Å². The Bertz CT molecular complexity index is 557. The Morgan fingerprint density at radius 2 is 1.63 bits per heavy atom. The lowest BCUT2D eigenvalue weighted by Gasteiger charge is -2.21. The molecule has 1 atom stereocenters. The summed E-state index contributed by atoms with van der Waals surface area (Å²) in [6, 6.07) is 15.4. The van der Waals surface area contributed by atoms with E-state index in [4.69, 9.17) is 0 Å². The van der Waals surface area contributed by atoms with E-state index in [2.05, 4.69) is 75.5 Å². The van der Waals surface area contributed by atoms with Gasteiger partial charge in [0.05, 0.1) is 0 Å². The van der Waals surface area contributed by atoms with Gasteiger partial charge in [0.2, 0.25) is 0 Å². The molecule has 19 heavy (non-hydrogen) atoms. The largest absolute Gasteiger partial charge is 0.378 e. The van der Waals surface area contributed by atoms with Gasteiger partial charge in [-0.05, 0) is 49.4 Å². The summed E-state index contributed by atoms with van der Waals surface area (Å²) in [5.41, 5.74) is 6.71. The molecule has 0 spiro atoms. The van der Waals surface area contributed by atoms with Gasteiger partial charge in [0.1, 0.15) is 0 Å². The lowest BCUT2D eigenvalue weighted by Crippen LogP contribution is -2.10. The van der Waals surface area contributed by atoms with E-state index in [1.165, 1.54) is 27.9 Å². The predicted octanol–water partition coefficient (Wildman–Crippen LogP) is 5.04. The van der Waals surface area contributed by atoms with Crippen LogP contribution in [0.25, 0.3) is 0 Å². The number of nitrogens with one attached hydrogen (secondary N) is 1. The molecule has 0 bridgehead atoms. The molecular formula is C18H23N. The quantitative estimate of drug-likeness (QED) is 0.805. The van der Waals surface area contributed by atoms with Gasteiger partial charge in [0, 0.05) is 11.7 Å². The van der Waals surface area contributed by atoms with Crippen molar-refractivity contribution < 1.29 is 0 Å². The Morgan fingerprint density at radius 3 is 2.32 bits per heavy atom. The molecule has 0 amide bonds. The topological polar surface area (TPSA) is 12.0 Å². The van der Waals surface area contributed by atoms with Crippen molar-refractivity contribution in [1.82, 2.24) is 0 Å². The first-order valence-corrected chi connectivity index (χ1v) is 7.04. The van der Waals surface area contributed by atoms with Crippen LogP contribution in [0.5, 0.6) is 0 Å². The van der Waals surface area contributed by atoms with E-state index < -0.39 is 0 Å². The van der Waals surface area contributed by atoms with Crippen LogP contribution in [0.3, 0.4) is 0 Å². The molecule has 1 nitrogen and oxygen atoms in total. The van der Waals surface area contributed by atoms with Crippen molar-refractivity contribution in [2.45, 2.75) is 40.2 Å². The van der Waals surface area contributed by atoms with Crippen molar-refractivity contribution in [1.29, 1.82) is 0 Å². The minimum Gasteiger partial charge on any atom is -0.378 e. The Morgan fingerprint density at radius 1 is 0.947 bits per heavy atom. The van der Waals surface area contributed by atoms with Crippen molar-refractivity contribution in [2.75, 3.05) is 5.32 Å². The first-order valence-electron chi connectivity index (χ1n) is 7.04. The highest BCUT2D eigenvalue weighted by Gasteiger charge is 2.11. The zero-order valence-electron chi connectivity index (χ0n) is 12.3. The number of rotatable bonds is 4. The molecule has 0 saturated carbocycles. The second-order valence-corrected chi connectivity index (χ2v) is 5.19. The monoisotopic (exact) mass is 253 g/mol. The van der Waals surface area contributed by atoms with Crippen molar-refractivity contribution in [3.63, 3.8) is 0 Å². The maximum atomic E-state index is 3.69. The Balaban J connectivity index is 2.29. The molecule has 2 aromatic rings. The van der Waals surface area contributed by atoms with Gasteiger partial charge in [0.15, 0.2) is 0 Å². The SMILES string of the molecule is CCc1cccc(C)c1NC(C)c1ccccc1C.